The minimum absolute atomic E-state index is 0.0164. The number of hydrogen-bond donors (Lipinski definition) is 3. The van der Waals surface area contributed by atoms with Crippen LogP contribution in [0.5, 0.6) is 0 Å². The molecule has 2 aromatic rings. The van der Waals surface area contributed by atoms with Crippen LogP contribution in [0.3, 0.4) is 0 Å². The highest BCUT2D eigenvalue weighted by Gasteiger charge is 2.14. The third kappa shape index (κ3) is 11.2. The summed E-state index contributed by atoms with van der Waals surface area (Å²) in [6, 6.07) is 13.6. The molecule has 41 heavy (non-hydrogen) atoms. The maximum absolute atomic E-state index is 12.5. The number of amides is 2. The largest absolute Gasteiger partial charge is 0.463 e. The quantitative estimate of drug-likeness (QED) is 0.119. The van der Waals surface area contributed by atoms with Gasteiger partial charge in [0.25, 0.3) is 5.91 Å². The van der Waals surface area contributed by atoms with Gasteiger partial charge in [-0.25, -0.2) is 0 Å². The van der Waals surface area contributed by atoms with Crippen LogP contribution < -0.4 is 21.7 Å². The van der Waals surface area contributed by atoms with Crippen LogP contribution in [0.1, 0.15) is 37.7 Å². The topological polar surface area (TPSA) is 170 Å². The van der Waals surface area contributed by atoms with Crippen molar-refractivity contribution in [2.45, 2.75) is 38.1 Å². The number of carbonyl (C=O) groups is 3. The van der Waals surface area contributed by atoms with Gasteiger partial charge in [-0.3, -0.25) is 14.4 Å². The van der Waals surface area contributed by atoms with E-state index < -0.39 is 23.8 Å². The molecule has 3 rings (SSSR count). The normalized spacial score (nSPS) is 14.3. The van der Waals surface area contributed by atoms with Crippen LogP contribution in [0.2, 0.25) is 0 Å². The van der Waals surface area contributed by atoms with Crippen LogP contribution in [0.4, 0.5) is 5.69 Å². The number of ether oxygens (including phenoxy) is 3. The van der Waals surface area contributed by atoms with E-state index >= 15 is 0 Å². The van der Waals surface area contributed by atoms with E-state index in [-0.39, 0.29) is 58.0 Å². The second kappa shape index (κ2) is 17.0. The van der Waals surface area contributed by atoms with Crippen LogP contribution in [0.15, 0.2) is 42.0 Å². The van der Waals surface area contributed by atoms with Gasteiger partial charge in [0.2, 0.25) is 5.91 Å². The third-order valence-corrected chi connectivity index (χ3v) is 6.53. The molecule has 2 aromatic carbocycles. The summed E-state index contributed by atoms with van der Waals surface area (Å²) in [5.74, 6) is -1.56. The highest BCUT2D eigenvalue weighted by molar-refractivity contribution is 6.02. The summed E-state index contributed by atoms with van der Waals surface area (Å²) in [6.45, 7) is 3.45. The third-order valence-electron chi connectivity index (χ3n) is 6.53. The fourth-order valence-electron chi connectivity index (χ4n) is 4.48. The van der Waals surface area contributed by atoms with Gasteiger partial charge in [-0.15, -0.1) is 0 Å². The van der Waals surface area contributed by atoms with E-state index in [1.807, 2.05) is 24.3 Å². The Labute approximate surface area is 240 Å². The summed E-state index contributed by atoms with van der Waals surface area (Å²) in [5, 5.41) is 14.4. The highest BCUT2D eigenvalue weighted by Crippen LogP contribution is 2.26. The maximum Gasteiger partial charge on any atom is 0.307 e. The lowest BCUT2D eigenvalue weighted by Crippen LogP contribution is -2.30. The lowest BCUT2D eigenvalue weighted by Gasteiger charge is -2.29. The summed E-state index contributed by atoms with van der Waals surface area (Å²) in [4.78, 5) is 37.3. The zero-order valence-electron chi connectivity index (χ0n) is 23.3. The maximum atomic E-state index is 12.5. The summed E-state index contributed by atoms with van der Waals surface area (Å²) >= 11 is 0. The van der Waals surface area contributed by atoms with E-state index in [0.717, 1.165) is 29.4 Å². The molecule has 11 nitrogen and oxygen atoms in total. The van der Waals surface area contributed by atoms with E-state index in [9.17, 15) is 19.6 Å². The molecule has 220 valence electrons. The number of nitriles is 1. The van der Waals surface area contributed by atoms with Crippen LogP contribution >= 0.6 is 0 Å². The predicted octanol–water partition coefficient (Wildman–Crippen LogP) is 2.02. The number of carbonyl (C=O) groups excluding carboxylic acids is 3. The Kier molecular flexibility index (Phi) is 13.1. The second-order valence-corrected chi connectivity index (χ2v) is 9.84. The van der Waals surface area contributed by atoms with E-state index in [4.69, 9.17) is 25.7 Å². The first-order valence-corrected chi connectivity index (χ1v) is 13.9. The summed E-state index contributed by atoms with van der Waals surface area (Å²) < 4.78 is 15.7. The molecule has 0 aromatic heterocycles. The number of benzene rings is 2. The van der Waals surface area contributed by atoms with Gasteiger partial charge in [0, 0.05) is 37.8 Å². The Balaban J connectivity index is 1.32. The number of nitrogens with zero attached hydrogens (tertiary/aromatic N) is 2. The van der Waals surface area contributed by atoms with E-state index in [1.54, 1.807) is 6.08 Å². The predicted molar refractivity (Wildman–Crippen MR) is 156 cm³/mol. The molecule has 1 aliphatic heterocycles. The number of anilines is 1. The first kappa shape index (κ1) is 31.5. The van der Waals surface area contributed by atoms with Crippen molar-refractivity contribution in [3.63, 3.8) is 0 Å². The van der Waals surface area contributed by atoms with Gasteiger partial charge in [-0.05, 0) is 59.9 Å². The molecule has 1 saturated heterocycles. The fraction of sp³-hybridized carbons (Fsp3) is 0.467. The van der Waals surface area contributed by atoms with Crippen molar-refractivity contribution in [2.75, 3.05) is 57.6 Å². The van der Waals surface area contributed by atoms with Crippen molar-refractivity contribution in [1.29, 1.82) is 5.26 Å². The molecule has 1 fully saturated rings. The number of rotatable bonds is 16. The van der Waals surface area contributed by atoms with Crippen molar-refractivity contribution in [3.8, 4) is 6.07 Å². The van der Waals surface area contributed by atoms with Gasteiger partial charge in [0.15, 0.2) is 0 Å². The molecule has 0 bridgehead atoms. The zero-order valence-corrected chi connectivity index (χ0v) is 23.3. The van der Waals surface area contributed by atoms with E-state index in [0.29, 0.717) is 0 Å². The molecule has 1 aliphatic rings. The second-order valence-electron chi connectivity index (χ2n) is 9.84. The molecular formula is C30H39N5O6. The highest BCUT2D eigenvalue weighted by atomic mass is 16.6. The number of esters is 1. The monoisotopic (exact) mass is 565 g/mol. The van der Waals surface area contributed by atoms with Crippen molar-refractivity contribution >= 4 is 40.3 Å². The first-order valence-electron chi connectivity index (χ1n) is 13.9. The van der Waals surface area contributed by atoms with Gasteiger partial charge >= 0.3 is 5.97 Å². The number of hydrogen-bond acceptors (Lipinski definition) is 9. The van der Waals surface area contributed by atoms with Crippen molar-refractivity contribution < 1.29 is 28.6 Å². The summed E-state index contributed by atoms with van der Waals surface area (Å²) in [6.07, 6.45) is 5.14. The van der Waals surface area contributed by atoms with Gasteiger partial charge in [-0.1, -0.05) is 18.2 Å². The summed E-state index contributed by atoms with van der Waals surface area (Å²) in [7, 11) is 0. The molecule has 5 N–H and O–H groups in total. The van der Waals surface area contributed by atoms with Gasteiger partial charge in [0.05, 0.1) is 32.8 Å². The van der Waals surface area contributed by atoms with E-state index in [1.165, 1.54) is 24.9 Å². The molecule has 0 saturated carbocycles. The van der Waals surface area contributed by atoms with Gasteiger partial charge in [0.1, 0.15) is 18.2 Å². The Bertz CT molecular complexity index is 1250. The lowest BCUT2D eigenvalue weighted by atomic mass is 10.0. The van der Waals surface area contributed by atoms with Crippen molar-refractivity contribution in [2.24, 2.45) is 11.5 Å². The average Bonchev–Trinajstić information content (AvgIpc) is 2.96. The van der Waals surface area contributed by atoms with Crippen LogP contribution in [-0.4, -0.2) is 76.5 Å². The molecule has 0 unspecified atom stereocenters. The number of nitrogens with two attached hydrogens (primary N) is 2. The van der Waals surface area contributed by atoms with Crippen molar-refractivity contribution in [3.05, 3.63) is 47.5 Å². The Morgan fingerprint density at radius 1 is 0.951 bits per heavy atom. The lowest BCUT2D eigenvalue weighted by molar-refractivity contribution is -0.145. The molecule has 0 radical (unpaired) electrons. The van der Waals surface area contributed by atoms with Crippen LogP contribution in [-0.2, 0) is 28.6 Å². The van der Waals surface area contributed by atoms with Gasteiger partial charge in [-0.2, -0.15) is 5.26 Å². The first-order chi connectivity index (χ1) is 19.9. The number of piperidine rings is 1. The Hall–Kier alpha value is -3.98. The molecule has 11 heteroatoms. The molecule has 0 spiro atoms. The molecule has 2 amide bonds. The minimum atomic E-state index is -0.661. The molecule has 1 heterocycles. The van der Waals surface area contributed by atoms with Crippen LogP contribution in [0.25, 0.3) is 16.8 Å². The standard InChI is InChI=1S/C30H39N5O6/c31-21-25(17-22-4-5-24-18-27(7-6-23(24)16-22)35-9-2-1-3-10-35)30(38)34-8-11-39-12-13-40-14-15-41-29(37)20-26(32)19-28(33)36/h4-7,16-18,26H,1-3,8-15,19-20,32H2,(H2,33,36)(H,34,38)/b25-17+/t26-/m0/s1. The number of primary amides is 1. The molecule has 0 aliphatic carbocycles. The van der Waals surface area contributed by atoms with Crippen molar-refractivity contribution in [1.82, 2.24) is 5.32 Å². The Morgan fingerprint density at radius 2 is 1.63 bits per heavy atom. The molecular weight excluding hydrogens is 526 g/mol. The fourth-order valence-corrected chi connectivity index (χ4v) is 4.48. The molecule has 1 atom stereocenters. The van der Waals surface area contributed by atoms with Crippen LogP contribution in [0, 0.1) is 11.3 Å². The zero-order chi connectivity index (χ0) is 29.5. The van der Waals surface area contributed by atoms with Gasteiger partial charge < -0.3 is 35.9 Å². The smallest absolute Gasteiger partial charge is 0.307 e. The Morgan fingerprint density at radius 3 is 2.37 bits per heavy atom. The number of fused-ring (bicyclic) bond motifs is 1. The summed E-state index contributed by atoms with van der Waals surface area (Å²) in [5.41, 5.74) is 12.7. The number of nitrogens with one attached hydrogen (secondary N) is 1. The van der Waals surface area contributed by atoms with E-state index in [2.05, 4.69) is 28.4 Å². The average molecular weight is 566 g/mol. The minimum Gasteiger partial charge on any atom is -0.463 e. The SMILES string of the molecule is N#C/C(=C\c1ccc2cc(N3CCCCC3)ccc2c1)C(=O)NCCOCCOCCOC(=O)C[C@@H](N)CC(N)=O.